The molecule has 0 aromatic heterocycles. The van der Waals surface area contributed by atoms with Gasteiger partial charge < -0.3 is 21.1 Å². The van der Waals surface area contributed by atoms with Gasteiger partial charge >= 0.3 is 0 Å². The maximum absolute atomic E-state index is 13.2. The van der Waals surface area contributed by atoms with Crippen molar-refractivity contribution in [3.05, 3.63) is 107 Å². The van der Waals surface area contributed by atoms with Gasteiger partial charge in [-0.15, -0.1) is 0 Å². The average Bonchev–Trinajstić information content (AvgIpc) is 2.92. The molecular weight excluding hydrogens is 534 g/mol. The summed E-state index contributed by atoms with van der Waals surface area (Å²) >= 11 is 1.51. The number of hydrogen-bond acceptors (Lipinski definition) is 5. The van der Waals surface area contributed by atoms with E-state index in [1.165, 1.54) is 23.6 Å². The van der Waals surface area contributed by atoms with Crippen molar-refractivity contribution in [3.8, 4) is 0 Å². The van der Waals surface area contributed by atoms with Crippen molar-refractivity contribution in [1.82, 2.24) is 10.2 Å². The number of hydrogen-bond donors (Lipinski definition) is 3. The molecule has 0 aliphatic rings. The number of primary amides is 1. The maximum Gasteiger partial charge on any atom is 0.251 e. The third-order valence-corrected chi connectivity index (χ3v) is 7.77. The second-order valence-corrected chi connectivity index (χ2v) is 12.3. The van der Waals surface area contributed by atoms with Crippen molar-refractivity contribution in [1.29, 1.82) is 0 Å². The minimum atomic E-state index is -1.08. The Bertz CT molecular complexity index is 1290. The predicted octanol–water partition coefficient (Wildman–Crippen LogP) is 4.37. The van der Waals surface area contributed by atoms with Crippen LogP contribution in [0.2, 0.25) is 0 Å². The molecule has 3 aromatic carbocycles. The molecule has 0 radical (unpaired) electrons. The lowest BCUT2D eigenvalue weighted by molar-refractivity contribution is -0.142. The first kappa shape index (κ1) is 31.9. The van der Waals surface area contributed by atoms with Gasteiger partial charge in [0.25, 0.3) is 5.91 Å². The van der Waals surface area contributed by atoms with E-state index >= 15 is 0 Å². The molecule has 0 saturated heterocycles. The number of benzene rings is 3. The molecule has 0 unspecified atom stereocenters. The third-order valence-electron chi connectivity index (χ3n) is 6.68. The molecule has 0 fully saturated rings. The van der Waals surface area contributed by atoms with E-state index in [1.54, 1.807) is 18.2 Å². The number of nitrogens with zero attached hydrogens (tertiary/aromatic N) is 1. The number of thioether (sulfide) groups is 1. The van der Waals surface area contributed by atoms with Crippen LogP contribution in [0.25, 0.3) is 0 Å². The summed E-state index contributed by atoms with van der Waals surface area (Å²) in [5, 5.41) is 14.7. The molecular formula is C33H41N3O4S. The zero-order valence-electron chi connectivity index (χ0n) is 24.2. The van der Waals surface area contributed by atoms with Crippen molar-refractivity contribution in [2.75, 3.05) is 5.75 Å². The number of aliphatic hydroxyl groups excluding tert-OH is 1. The van der Waals surface area contributed by atoms with E-state index in [0.717, 1.165) is 11.1 Å². The van der Waals surface area contributed by atoms with E-state index in [9.17, 15) is 19.5 Å². The molecule has 0 aliphatic heterocycles. The van der Waals surface area contributed by atoms with Gasteiger partial charge in [-0.3, -0.25) is 14.4 Å². The predicted molar refractivity (Wildman–Crippen MR) is 165 cm³/mol. The van der Waals surface area contributed by atoms with E-state index < -0.39 is 29.6 Å². The number of carbonyl (C=O) groups is 3. The topological polar surface area (TPSA) is 113 Å². The maximum atomic E-state index is 13.2. The van der Waals surface area contributed by atoms with Crippen LogP contribution in [-0.2, 0) is 28.2 Å². The van der Waals surface area contributed by atoms with Gasteiger partial charge in [0.05, 0.1) is 12.1 Å². The largest absolute Gasteiger partial charge is 0.391 e. The molecule has 0 spiro atoms. The molecule has 3 atom stereocenters. The first-order valence-corrected chi connectivity index (χ1v) is 14.9. The van der Waals surface area contributed by atoms with Crippen LogP contribution >= 0.6 is 11.8 Å². The Hall–Kier alpha value is -3.62. The third kappa shape index (κ3) is 9.76. The van der Waals surface area contributed by atoms with Crippen molar-refractivity contribution in [2.24, 2.45) is 5.73 Å². The molecule has 4 N–H and O–H groups in total. The Morgan fingerprint density at radius 3 is 2.00 bits per heavy atom. The summed E-state index contributed by atoms with van der Waals surface area (Å²) in [6, 6.07) is 24.8. The summed E-state index contributed by atoms with van der Waals surface area (Å²) in [7, 11) is 0. The molecule has 8 heteroatoms. The van der Waals surface area contributed by atoms with Crippen LogP contribution in [0.4, 0.5) is 0 Å². The van der Waals surface area contributed by atoms with Gasteiger partial charge in [-0.25, -0.2) is 0 Å². The van der Waals surface area contributed by atoms with Gasteiger partial charge in [0, 0.05) is 36.0 Å². The van der Waals surface area contributed by atoms with Gasteiger partial charge in [0.15, 0.2) is 0 Å². The number of rotatable bonds is 13. The molecule has 0 aliphatic carbocycles. The second kappa shape index (κ2) is 14.8. The van der Waals surface area contributed by atoms with E-state index in [1.807, 2.05) is 87.5 Å². The molecule has 41 heavy (non-hydrogen) atoms. The zero-order valence-corrected chi connectivity index (χ0v) is 25.1. The molecule has 7 nitrogen and oxygen atoms in total. The van der Waals surface area contributed by atoms with Crippen LogP contribution in [0.3, 0.4) is 0 Å². The normalized spacial score (nSPS) is 13.6. The quantitative estimate of drug-likeness (QED) is 0.280. The van der Waals surface area contributed by atoms with E-state index in [-0.39, 0.29) is 24.0 Å². The molecule has 3 aromatic rings. The summed E-state index contributed by atoms with van der Waals surface area (Å²) in [5.74, 6) is -0.287. The molecule has 0 heterocycles. The monoisotopic (exact) mass is 575 g/mol. The molecule has 218 valence electrons. The minimum absolute atomic E-state index is 0.109. The van der Waals surface area contributed by atoms with Gasteiger partial charge in [-0.05, 0) is 49.9 Å². The Labute approximate surface area is 247 Å². The van der Waals surface area contributed by atoms with E-state index in [4.69, 9.17) is 5.73 Å². The van der Waals surface area contributed by atoms with Gasteiger partial charge in [-0.2, -0.15) is 11.8 Å². The Balaban J connectivity index is 1.93. The van der Waals surface area contributed by atoms with Crippen LogP contribution in [-0.4, -0.2) is 57.2 Å². The second-order valence-electron chi connectivity index (χ2n) is 11.2. The fourth-order valence-electron chi connectivity index (χ4n) is 4.81. The fourth-order valence-corrected chi connectivity index (χ4v) is 5.90. The highest BCUT2D eigenvalue weighted by Gasteiger charge is 2.36. The van der Waals surface area contributed by atoms with Crippen LogP contribution in [0, 0.1) is 0 Å². The highest BCUT2D eigenvalue weighted by atomic mass is 32.2. The number of nitrogens with one attached hydrogen (secondary N) is 1. The zero-order chi connectivity index (χ0) is 30.0. The number of carbonyl (C=O) groups excluding carboxylic acids is 3. The first-order chi connectivity index (χ1) is 19.5. The lowest BCUT2D eigenvalue weighted by Crippen LogP contribution is -2.58. The SMILES string of the molecule is CC(=O)N([C@H](CSCc1ccccc1)C(N)=O)[C@@H](Cc1ccccc1)[C@H](O)Cc1ccccc1C(=O)NC(C)(C)C. The van der Waals surface area contributed by atoms with Gasteiger partial charge in [0.2, 0.25) is 11.8 Å². The van der Waals surface area contributed by atoms with Crippen LogP contribution in [0.5, 0.6) is 0 Å². The molecule has 3 amide bonds. The Kier molecular flexibility index (Phi) is 11.6. The summed E-state index contributed by atoms with van der Waals surface area (Å²) in [4.78, 5) is 40.5. The van der Waals surface area contributed by atoms with Gasteiger partial charge in [-0.1, -0.05) is 78.9 Å². The molecule has 3 rings (SSSR count). The van der Waals surface area contributed by atoms with Crippen molar-refractivity contribution in [3.63, 3.8) is 0 Å². The highest BCUT2D eigenvalue weighted by Crippen LogP contribution is 2.24. The Morgan fingerprint density at radius 2 is 1.44 bits per heavy atom. The summed E-state index contributed by atoms with van der Waals surface area (Å²) in [6.45, 7) is 7.11. The van der Waals surface area contributed by atoms with E-state index in [0.29, 0.717) is 23.3 Å². The summed E-state index contributed by atoms with van der Waals surface area (Å²) in [6.07, 6.45) is -0.661. The van der Waals surface area contributed by atoms with Crippen molar-refractivity contribution < 1.29 is 19.5 Å². The lowest BCUT2D eigenvalue weighted by atomic mass is 9.91. The Morgan fingerprint density at radius 1 is 0.878 bits per heavy atom. The first-order valence-electron chi connectivity index (χ1n) is 13.8. The van der Waals surface area contributed by atoms with Crippen LogP contribution < -0.4 is 11.1 Å². The smallest absolute Gasteiger partial charge is 0.251 e. The van der Waals surface area contributed by atoms with Crippen LogP contribution in [0.1, 0.15) is 54.7 Å². The molecule has 0 bridgehead atoms. The van der Waals surface area contributed by atoms with Crippen molar-refractivity contribution in [2.45, 2.75) is 70.0 Å². The number of nitrogens with two attached hydrogens (primary N) is 1. The lowest BCUT2D eigenvalue weighted by Gasteiger charge is -2.39. The van der Waals surface area contributed by atoms with Crippen LogP contribution in [0.15, 0.2) is 84.9 Å². The summed E-state index contributed by atoms with van der Waals surface area (Å²) in [5.41, 5.74) is 8.56. The number of amides is 3. The van der Waals surface area contributed by atoms with Crippen molar-refractivity contribution >= 4 is 29.5 Å². The minimum Gasteiger partial charge on any atom is -0.391 e. The number of aliphatic hydroxyl groups is 1. The highest BCUT2D eigenvalue weighted by molar-refractivity contribution is 7.98. The van der Waals surface area contributed by atoms with Gasteiger partial charge in [0.1, 0.15) is 6.04 Å². The van der Waals surface area contributed by atoms with E-state index in [2.05, 4.69) is 5.32 Å². The fraction of sp³-hybridized carbons (Fsp3) is 0.364. The average molecular weight is 576 g/mol. The summed E-state index contributed by atoms with van der Waals surface area (Å²) < 4.78 is 0. The molecule has 0 saturated carbocycles. The standard InChI is InChI=1S/C33H41N3O4S/c1-23(37)36(29(31(34)39)22-41-21-25-15-9-6-10-16-25)28(19-24-13-7-5-8-14-24)30(38)20-26-17-11-12-18-27(26)32(40)35-33(2,3)4/h5-18,28-30,38H,19-22H2,1-4H3,(H2,34,39)(H,35,40)/t28-,29+,30+/m0/s1.